The van der Waals surface area contributed by atoms with E-state index in [2.05, 4.69) is 0 Å². The number of amides is 1. The van der Waals surface area contributed by atoms with Gasteiger partial charge in [-0.15, -0.1) is 3.89 Å². The summed E-state index contributed by atoms with van der Waals surface area (Å²) >= 11 is 0. The van der Waals surface area contributed by atoms with Crippen LogP contribution >= 0.6 is 0 Å². The number of carbonyl (C=O) groups is 1. The number of halogens is 1. The molecule has 0 N–H and O–H groups in total. The fourth-order valence-electron chi connectivity index (χ4n) is 2.38. The third kappa shape index (κ3) is 3.37. The summed E-state index contributed by atoms with van der Waals surface area (Å²) in [5.41, 5.74) is -0.408. The molecule has 1 aromatic rings. The summed E-state index contributed by atoms with van der Waals surface area (Å²) in [6.07, 6.45) is -0.208. The maximum Gasteiger partial charge on any atom is 0.302 e. The lowest BCUT2D eigenvalue weighted by atomic mass is 10.1. The van der Waals surface area contributed by atoms with Crippen LogP contribution in [0.3, 0.4) is 0 Å². The molecule has 0 spiro atoms. The number of nitro groups is 1. The van der Waals surface area contributed by atoms with Gasteiger partial charge in [0.15, 0.2) is 0 Å². The van der Waals surface area contributed by atoms with Crippen molar-refractivity contribution in [1.82, 2.24) is 0 Å². The van der Waals surface area contributed by atoms with E-state index in [9.17, 15) is 27.2 Å². The van der Waals surface area contributed by atoms with Crippen LogP contribution in [0.15, 0.2) is 18.2 Å². The van der Waals surface area contributed by atoms with E-state index in [-0.39, 0.29) is 24.2 Å². The Bertz CT molecular complexity index is 786. The van der Waals surface area contributed by atoms with E-state index in [4.69, 9.17) is 5.26 Å². The summed E-state index contributed by atoms with van der Waals surface area (Å²) in [5.74, 6) is -2.10. The highest BCUT2D eigenvalue weighted by Crippen LogP contribution is 2.34. The van der Waals surface area contributed by atoms with Gasteiger partial charge < -0.3 is 4.90 Å². The smallest absolute Gasteiger partial charge is 0.302 e. The summed E-state index contributed by atoms with van der Waals surface area (Å²) in [6.45, 7) is -0.130. The van der Waals surface area contributed by atoms with E-state index < -0.39 is 38.4 Å². The van der Waals surface area contributed by atoms with Gasteiger partial charge in [0.25, 0.3) is 5.69 Å². The highest BCUT2D eigenvalue weighted by Gasteiger charge is 2.36. The van der Waals surface area contributed by atoms with E-state index in [1.54, 1.807) is 6.07 Å². The van der Waals surface area contributed by atoms with Gasteiger partial charge >= 0.3 is 10.2 Å². The highest BCUT2D eigenvalue weighted by atomic mass is 32.3. The predicted molar refractivity (Wildman–Crippen MR) is 73.2 cm³/mol. The molecule has 1 aliphatic rings. The largest absolute Gasteiger partial charge is 0.306 e. The zero-order valence-corrected chi connectivity index (χ0v) is 11.9. The Morgan fingerprint density at radius 1 is 1.50 bits per heavy atom. The summed E-state index contributed by atoms with van der Waals surface area (Å²) in [4.78, 5) is 23.3. The van der Waals surface area contributed by atoms with Crippen molar-refractivity contribution in [3.05, 3.63) is 33.9 Å². The minimum atomic E-state index is -4.73. The molecule has 10 heteroatoms. The van der Waals surface area contributed by atoms with Gasteiger partial charge in [-0.2, -0.15) is 13.7 Å². The molecule has 1 amide bonds. The van der Waals surface area contributed by atoms with E-state index in [0.29, 0.717) is 0 Å². The van der Waals surface area contributed by atoms with Gasteiger partial charge in [0.05, 0.1) is 22.3 Å². The van der Waals surface area contributed by atoms with Crippen LogP contribution < -0.4 is 4.90 Å². The number of hydrogen-bond donors (Lipinski definition) is 0. The van der Waals surface area contributed by atoms with E-state index in [1.165, 1.54) is 12.1 Å². The van der Waals surface area contributed by atoms with E-state index >= 15 is 0 Å². The van der Waals surface area contributed by atoms with Gasteiger partial charge in [0.2, 0.25) is 5.91 Å². The molecule has 1 fully saturated rings. The SMILES string of the molecule is N#Cc1ccc(N2CC(CS(=O)(=O)F)CC2=O)c([N+](=O)[O-])c1. The molecule has 22 heavy (non-hydrogen) atoms. The number of nitrogens with zero attached hydrogens (tertiary/aromatic N) is 3. The minimum Gasteiger partial charge on any atom is -0.306 e. The van der Waals surface area contributed by atoms with Crippen molar-refractivity contribution in [2.24, 2.45) is 5.92 Å². The van der Waals surface area contributed by atoms with Gasteiger partial charge in [0, 0.05) is 24.9 Å². The molecule has 2 rings (SSSR count). The molecule has 0 aromatic heterocycles. The maximum atomic E-state index is 12.7. The van der Waals surface area contributed by atoms with Crippen molar-refractivity contribution in [3.8, 4) is 6.07 Å². The molecule has 0 radical (unpaired) electrons. The second kappa shape index (κ2) is 5.69. The molecule has 0 bridgehead atoms. The summed E-state index contributed by atoms with van der Waals surface area (Å²) in [7, 11) is -4.73. The number of benzene rings is 1. The minimum absolute atomic E-state index is 0.0345. The lowest BCUT2D eigenvalue weighted by Crippen LogP contribution is -2.26. The Kier molecular flexibility index (Phi) is 4.09. The van der Waals surface area contributed by atoms with Crippen molar-refractivity contribution >= 4 is 27.5 Å². The van der Waals surface area contributed by atoms with E-state index in [0.717, 1.165) is 11.0 Å². The average molecular weight is 327 g/mol. The van der Waals surface area contributed by atoms with Gasteiger partial charge in [-0.1, -0.05) is 0 Å². The topological polar surface area (TPSA) is 121 Å². The van der Waals surface area contributed by atoms with Crippen molar-refractivity contribution in [2.45, 2.75) is 6.42 Å². The number of anilines is 1. The predicted octanol–water partition coefficient (Wildman–Crippen LogP) is 1.12. The normalized spacial score (nSPS) is 18.3. The molecular formula is C12H10FN3O5S. The molecule has 8 nitrogen and oxygen atoms in total. The molecule has 116 valence electrons. The third-order valence-corrected chi connectivity index (χ3v) is 4.10. The van der Waals surface area contributed by atoms with Crippen molar-refractivity contribution in [1.29, 1.82) is 5.26 Å². The summed E-state index contributed by atoms with van der Waals surface area (Å²) in [5, 5.41) is 19.8. The second-order valence-corrected chi connectivity index (χ2v) is 6.26. The molecule has 0 saturated carbocycles. The molecule has 1 aromatic carbocycles. The summed E-state index contributed by atoms with van der Waals surface area (Å²) < 4.78 is 34.0. The number of nitro benzene ring substituents is 1. The number of carbonyl (C=O) groups excluding carboxylic acids is 1. The van der Waals surface area contributed by atoms with Crippen LogP contribution in [0.1, 0.15) is 12.0 Å². The Hall–Kier alpha value is -2.54. The Balaban J connectivity index is 2.35. The van der Waals surface area contributed by atoms with Crippen LogP contribution in [0.25, 0.3) is 0 Å². The molecule has 1 atom stereocenters. The molecule has 1 aliphatic heterocycles. The fourth-order valence-corrected chi connectivity index (χ4v) is 3.16. The first-order valence-corrected chi connectivity index (χ1v) is 7.68. The zero-order chi connectivity index (χ0) is 16.5. The van der Waals surface area contributed by atoms with Gasteiger partial charge in [-0.3, -0.25) is 14.9 Å². The van der Waals surface area contributed by atoms with Crippen LogP contribution in [0.2, 0.25) is 0 Å². The Morgan fingerprint density at radius 2 is 2.18 bits per heavy atom. The van der Waals surface area contributed by atoms with Crippen LogP contribution in [-0.4, -0.2) is 31.5 Å². The lowest BCUT2D eigenvalue weighted by Gasteiger charge is -2.16. The van der Waals surface area contributed by atoms with E-state index in [1.807, 2.05) is 0 Å². The molecule has 1 saturated heterocycles. The zero-order valence-electron chi connectivity index (χ0n) is 11.1. The quantitative estimate of drug-likeness (QED) is 0.464. The van der Waals surface area contributed by atoms with Crippen LogP contribution in [0.4, 0.5) is 15.3 Å². The van der Waals surface area contributed by atoms with Gasteiger partial charge in [-0.25, -0.2) is 0 Å². The van der Waals surface area contributed by atoms with Crippen LogP contribution in [0, 0.1) is 27.4 Å². The standard InChI is InChI=1S/C12H10FN3O5S/c13-22(20,21)7-9-4-12(17)15(6-9)10-2-1-8(5-14)3-11(10)16(18)19/h1-3,9H,4,6-7H2. The maximum absolute atomic E-state index is 12.7. The first-order valence-electron chi connectivity index (χ1n) is 6.12. The van der Waals surface area contributed by atoms with Crippen molar-refractivity contribution < 1.29 is 22.0 Å². The number of hydrogen-bond acceptors (Lipinski definition) is 6. The molecule has 0 aliphatic carbocycles. The lowest BCUT2D eigenvalue weighted by molar-refractivity contribution is -0.384. The average Bonchev–Trinajstić information content (AvgIpc) is 2.76. The molecule has 1 unspecified atom stereocenters. The first-order chi connectivity index (χ1) is 10.2. The number of nitriles is 1. The number of rotatable bonds is 4. The monoisotopic (exact) mass is 327 g/mol. The fraction of sp³-hybridized carbons (Fsp3) is 0.333. The summed E-state index contributed by atoms with van der Waals surface area (Å²) in [6, 6.07) is 5.35. The van der Waals surface area contributed by atoms with Crippen LogP contribution in [-0.2, 0) is 15.0 Å². The molecule has 1 heterocycles. The first kappa shape index (κ1) is 15.8. The van der Waals surface area contributed by atoms with Gasteiger partial charge in [-0.05, 0) is 12.1 Å². The van der Waals surface area contributed by atoms with Crippen LogP contribution in [0.5, 0.6) is 0 Å². The van der Waals surface area contributed by atoms with Crippen molar-refractivity contribution in [3.63, 3.8) is 0 Å². The highest BCUT2D eigenvalue weighted by molar-refractivity contribution is 7.86. The van der Waals surface area contributed by atoms with Crippen molar-refractivity contribution in [2.75, 3.05) is 17.2 Å². The molecular weight excluding hydrogens is 317 g/mol. The second-order valence-electron chi connectivity index (χ2n) is 4.85. The Morgan fingerprint density at radius 3 is 2.73 bits per heavy atom. The Labute approximate surface area is 125 Å². The van der Waals surface area contributed by atoms with Gasteiger partial charge in [0.1, 0.15) is 5.69 Å². The third-order valence-electron chi connectivity index (χ3n) is 3.23.